The minimum atomic E-state index is 0.386. The molecule has 0 atom stereocenters. The summed E-state index contributed by atoms with van der Waals surface area (Å²) in [5.74, 6) is 2.12. The van der Waals surface area contributed by atoms with Crippen LogP contribution in [0.25, 0.3) is 0 Å². The second-order valence-corrected chi connectivity index (χ2v) is 6.74. The number of carbonyl (C=O) groups is 1. The van der Waals surface area contributed by atoms with Crippen molar-refractivity contribution in [2.24, 2.45) is 5.92 Å². The lowest BCUT2D eigenvalue weighted by atomic mass is 10.0. The SMILES string of the molecule is Cc1nccn1CCN1CCN(C(=O)CC2CCCC2)CC1. The van der Waals surface area contributed by atoms with E-state index < -0.39 is 0 Å². The zero-order chi connectivity index (χ0) is 15.4. The van der Waals surface area contributed by atoms with E-state index in [0.29, 0.717) is 11.8 Å². The molecule has 1 aromatic heterocycles. The maximum atomic E-state index is 12.3. The largest absolute Gasteiger partial charge is 0.340 e. The van der Waals surface area contributed by atoms with Crippen molar-refractivity contribution in [3.63, 3.8) is 0 Å². The summed E-state index contributed by atoms with van der Waals surface area (Å²) in [6.45, 7) is 7.88. The first-order valence-electron chi connectivity index (χ1n) is 8.70. The van der Waals surface area contributed by atoms with Crippen molar-refractivity contribution in [3.8, 4) is 0 Å². The van der Waals surface area contributed by atoms with Gasteiger partial charge in [0.25, 0.3) is 0 Å². The highest BCUT2D eigenvalue weighted by atomic mass is 16.2. The van der Waals surface area contributed by atoms with Gasteiger partial charge in [0.1, 0.15) is 5.82 Å². The molecule has 22 heavy (non-hydrogen) atoms. The number of aryl methyl sites for hydroxylation is 1. The number of imidazole rings is 1. The van der Waals surface area contributed by atoms with E-state index in [2.05, 4.69) is 19.4 Å². The van der Waals surface area contributed by atoms with Gasteiger partial charge in [0.05, 0.1) is 0 Å². The van der Waals surface area contributed by atoms with Crippen LogP contribution in [0.2, 0.25) is 0 Å². The summed E-state index contributed by atoms with van der Waals surface area (Å²) >= 11 is 0. The van der Waals surface area contributed by atoms with Crippen LogP contribution in [0, 0.1) is 12.8 Å². The smallest absolute Gasteiger partial charge is 0.222 e. The zero-order valence-corrected chi connectivity index (χ0v) is 13.7. The van der Waals surface area contributed by atoms with Crippen LogP contribution >= 0.6 is 0 Å². The van der Waals surface area contributed by atoms with Gasteiger partial charge in [-0.2, -0.15) is 0 Å². The quantitative estimate of drug-likeness (QED) is 0.834. The topological polar surface area (TPSA) is 41.4 Å². The molecule has 2 heterocycles. The van der Waals surface area contributed by atoms with Crippen LogP contribution in [-0.4, -0.2) is 58.0 Å². The molecule has 1 amide bonds. The molecule has 1 aliphatic carbocycles. The van der Waals surface area contributed by atoms with Crippen molar-refractivity contribution in [2.45, 2.75) is 45.6 Å². The molecule has 0 spiro atoms. The summed E-state index contributed by atoms with van der Waals surface area (Å²) in [7, 11) is 0. The number of carbonyl (C=O) groups excluding carboxylic acids is 1. The van der Waals surface area contributed by atoms with Gasteiger partial charge in [-0.15, -0.1) is 0 Å². The number of hydrogen-bond acceptors (Lipinski definition) is 3. The fourth-order valence-electron chi connectivity index (χ4n) is 3.70. The van der Waals surface area contributed by atoms with Crippen LogP contribution < -0.4 is 0 Å². The Bertz CT molecular complexity index is 485. The Labute approximate surface area is 133 Å². The standard InChI is InChI=1S/C17H28N4O/c1-15-18-6-7-20(15)11-8-19-9-12-21(13-10-19)17(22)14-16-4-2-3-5-16/h6-7,16H,2-5,8-14H2,1H3. The van der Waals surface area contributed by atoms with Gasteiger partial charge in [0.15, 0.2) is 0 Å². The molecule has 2 fully saturated rings. The first-order chi connectivity index (χ1) is 10.7. The molecule has 1 saturated carbocycles. The third-order valence-corrected chi connectivity index (χ3v) is 5.24. The van der Waals surface area contributed by atoms with Crippen LogP contribution in [0.1, 0.15) is 37.9 Å². The fourth-order valence-corrected chi connectivity index (χ4v) is 3.70. The van der Waals surface area contributed by atoms with Gasteiger partial charge in [-0.1, -0.05) is 12.8 Å². The van der Waals surface area contributed by atoms with E-state index >= 15 is 0 Å². The Balaban J connectivity index is 1.38. The predicted octanol–water partition coefficient (Wildman–Crippen LogP) is 1.92. The minimum Gasteiger partial charge on any atom is -0.340 e. The molecule has 2 aliphatic rings. The van der Waals surface area contributed by atoms with Gasteiger partial charge in [-0.3, -0.25) is 9.69 Å². The van der Waals surface area contributed by atoms with Crippen molar-refractivity contribution in [1.29, 1.82) is 0 Å². The molecule has 3 rings (SSSR count). The van der Waals surface area contributed by atoms with Crippen LogP contribution in [0.15, 0.2) is 12.4 Å². The Hall–Kier alpha value is -1.36. The van der Waals surface area contributed by atoms with Crippen LogP contribution in [0.5, 0.6) is 0 Å². The average Bonchev–Trinajstić information content (AvgIpc) is 3.17. The number of aromatic nitrogens is 2. The fraction of sp³-hybridized carbons (Fsp3) is 0.765. The second kappa shape index (κ2) is 7.27. The number of nitrogens with zero attached hydrogens (tertiary/aromatic N) is 4. The van der Waals surface area contributed by atoms with Gasteiger partial charge < -0.3 is 9.47 Å². The van der Waals surface area contributed by atoms with E-state index in [1.54, 1.807) is 0 Å². The highest BCUT2D eigenvalue weighted by Gasteiger charge is 2.24. The summed E-state index contributed by atoms with van der Waals surface area (Å²) in [4.78, 5) is 21.1. The lowest BCUT2D eigenvalue weighted by Gasteiger charge is -2.35. The third kappa shape index (κ3) is 3.88. The summed E-state index contributed by atoms with van der Waals surface area (Å²) in [5, 5.41) is 0. The molecule has 0 N–H and O–H groups in total. The van der Waals surface area contributed by atoms with Crippen LogP contribution in [0.4, 0.5) is 0 Å². The highest BCUT2D eigenvalue weighted by molar-refractivity contribution is 5.76. The summed E-state index contributed by atoms with van der Waals surface area (Å²) in [6, 6.07) is 0. The van der Waals surface area contributed by atoms with Crippen molar-refractivity contribution < 1.29 is 4.79 Å². The van der Waals surface area contributed by atoms with Crippen molar-refractivity contribution in [3.05, 3.63) is 18.2 Å². The first kappa shape index (κ1) is 15.5. The molecule has 0 radical (unpaired) electrons. The number of hydrogen-bond donors (Lipinski definition) is 0. The molecular weight excluding hydrogens is 276 g/mol. The average molecular weight is 304 g/mol. The molecule has 1 aliphatic heterocycles. The lowest BCUT2D eigenvalue weighted by molar-refractivity contribution is -0.133. The maximum Gasteiger partial charge on any atom is 0.222 e. The van der Waals surface area contributed by atoms with E-state index in [1.165, 1.54) is 25.7 Å². The maximum absolute atomic E-state index is 12.3. The molecule has 5 heteroatoms. The monoisotopic (exact) mass is 304 g/mol. The number of piperazine rings is 1. The van der Waals surface area contributed by atoms with E-state index in [-0.39, 0.29) is 0 Å². The van der Waals surface area contributed by atoms with Gasteiger partial charge in [0.2, 0.25) is 5.91 Å². The molecule has 1 saturated heterocycles. The summed E-state index contributed by atoms with van der Waals surface area (Å²) in [6.07, 6.45) is 9.84. The van der Waals surface area contributed by atoms with Crippen LogP contribution in [0.3, 0.4) is 0 Å². The molecule has 122 valence electrons. The molecule has 0 unspecified atom stereocenters. The minimum absolute atomic E-state index is 0.386. The Morgan fingerprint density at radius 2 is 1.91 bits per heavy atom. The van der Waals surface area contributed by atoms with Crippen molar-refractivity contribution in [1.82, 2.24) is 19.4 Å². The zero-order valence-electron chi connectivity index (χ0n) is 13.7. The van der Waals surface area contributed by atoms with Gasteiger partial charge in [0, 0.05) is 58.1 Å². The third-order valence-electron chi connectivity index (χ3n) is 5.24. The summed E-state index contributed by atoms with van der Waals surface area (Å²) in [5.41, 5.74) is 0. The summed E-state index contributed by atoms with van der Waals surface area (Å²) < 4.78 is 2.19. The number of amides is 1. The van der Waals surface area contributed by atoms with Gasteiger partial charge in [-0.25, -0.2) is 4.98 Å². The van der Waals surface area contributed by atoms with E-state index in [9.17, 15) is 4.79 Å². The predicted molar refractivity (Wildman–Crippen MR) is 86.6 cm³/mol. The Kier molecular flexibility index (Phi) is 5.13. The molecule has 0 aromatic carbocycles. The van der Waals surface area contributed by atoms with E-state index in [0.717, 1.165) is 51.5 Å². The van der Waals surface area contributed by atoms with Crippen molar-refractivity contribution >= 4 is 5.91 Å². The van der Waals surface area contributed by atoms with Crippen molar-refractivity contribution in [2.75, 3.05) is 32.7 Å². The first-order valence-corrected chi connectivity index (χ1v) is 8.70. The second-order valence-electron chi connectivity index (χ2n) is 6.74. The molecular formula is C17H28N4O. The Morgan fingerprint density at radius 3 is 2.55 bits per heavy atom. The van der Waals surface area contributed by atoms with E-state index in [1.807, 2.05) is 19.3 Å². The molecule has 5 nitrogen and oxygen atoms in total. The highest BCUT2D eigenvalue weighted by Crippen LogP contribution is 2.28. The molecule has 0 bridgehead atoms. The van der Waals surface area contributed by atoms with E-state index in [4.69, 9.17) is 0 Å². The van der Waals surface area contributed by atoms with Gasteiger partial charge >= 0.3 is 0 Å². The molecule has 1 aromatic rings. The van der Waals surface area contributed by atoms with Gasteiger partial charge in [-0.05, 0) is 25.7 Å². The van der Waals surface area contributed by atoms with Crippen LogP contribution in [-0.2, 0) is 11.3 Å². The lowest BCUT2D eigenvalue weighted by Crippen LogP contribution is -2.49. The normalized spacial score (nSPS) is 20.7. The number of rotatable bonds is 5. The Morgan fingerprint density at radius 1 is 1.18 bits per heavy atom.